The van der Waals surface area contributed by atoms with Gasteiger partial charge in [-0.25, -0.2) is 4.98 Å². The van der Waals surface area contributed by atoms with Crippen LogP contribution < -0.4 is 10.2 Å². The quantitative estimate of drug-likeness (QED) is 0.420. The number of nitriles is 1. The molecule has 172 valence electrons. The van der Waals surface area contributed by atoms with Crippen LogP contribution in [-0.2, 0) is 6.54 Å². The number of piperazine rings is 1. The first kappa shape index (κ1) is 23.0. The second-order valence-corrected chi connectivity index (χ2v) is 8.11. The van der Waals surface area contributed by atoms with Gasteiger partial charge in [0.05, 0.1) is 10.5 Å². The van der Waals surface area contributed by atoms with Crippen LogP contribution in [0.1, 0.15) is 21.5 Å². The molecule has 1 fully saturated rings. The Bertz CT molecular complexity index is 1270. The molecule has 1 aliphatic heterocycles. The van der Waals surface area contributed by atoms with Crippen molar-refractivity contribution in [3.8, 4) is 6.07 Å². The average molecular weight is 477 g/mol. The number of nitro benzene ring substituents is 1. The number of aromatic nitrogens is 1. The summed E-state index contributed by atoms with van der Waals surface area (Å²) >= 11 is 6.16. The zero-order valence-electron chi connectivity index (χ0n) is 18.1. The maximum Gasteiger partial charge on any atom is 0.293 e. The van der Waals surface area contributed by atoms with Crippen molar-refractivity contribution in [3.05, 3.63) is 92.6 Å². The summed E-state index contributed by atoms with van der Waals surface area (Å²) in [6, 6.07) is 17.2. The summed E-state index contributed by atoms with van der Waals surface area (Å²) in [6.45, 7) is 2.17. The Morgan fingerprint density at radius 1 is 1.15 bits per heavy atom. The van der Waals surface area contributed by atoms with Crippen LogP contribution in [0.15, 0.2) is 60.8 Å². The highest BCUT2D eigenvalue weighted by Crippen LogP contribution is 2.28. The first-order valence-corrected chi connectivity index (χ1v) is 11.0. The van der Waals surface area contributed by atoms with Gasteiger partial charge in [-0.05, 0) is 35.9 Å². The average Bonchev–Trinajstić information content (AvgIpc) is 2.87. The minimum atomic E-state index is -0.506. The van der Waals surface area contributed by atoms with E-state index < -0.39 is 4.92 Å². The summed E-state index contributed by atoms with van der Waals surface area (Å²) in [5.41, 5.74) is 1.68. The van der Waals surface area contributed by atoms with E-state index in [2.05, 4.69) is 16.4 Å². The Morgan fingerprint density at radius 2 is 1.91 bits per heavy atom. The maximum absolute atomic E-state index is 13.1. The first-order valence-electron chi connectivity index (χ1n) is 10.6. The second kappa shape index (κ2) is 10.2. The fraction of sp³-hybridized carbons (Fsp3) is 0.208. The van der Waals surface area contributed by atoms with Crippen LogP contribution in [0.4, 0.5) is 17.2 Å². The van der Waals surface area contributed by atoms with Crippen LogP contribution in [0, 0.1) is 21.4 Å². The molecule has 2 heterocycles. The summed E-state index contributed by atoms with van der Waals surface area (Å²) in [7, 11) is 0. The molecule has 4 rings (SSSR count). The SMILES string of the molecule is N#Cc1cccnc1N1CCN(C(=O)c2ccc(NCc3ccccc3Cl)c([N+](=O)[O-])c2)CC1. The molecule has 34 heavy (non-hydrogen) atoms. The molecule has 0 atom stereocenters. The van der Waals surface area contributed by atoms with E-state index in [4.69, 9.17) is 11.6 Å². The number of amides is 1. The van der Waals surface area contributed by atoms with Gasteiger partial charge in [0.15, 0.2) is 0 Å². The lowest BCUT2D eigenvalue weighted by Gasteiger charge is -2.35. The zero-order valence-corrected chi connectivity index (χ0v) is 18.9. The predicted molar refractivity (Wildman–Crippen MR) is 129 cm³/mol. The molecule has 1 aliphatic rings. The van der Waals surface area contributed by atoms with Gasteiger partial charge < -0.3 is 15.1 Å². The zero-order chi connectivity index (χ0) is 24.1. The summed E-state index contributed by atoms with van der Waals surface area (Å²) in [6.07, 6.45) is 1.63. The fourth-order valence-electron chi connectivity index (χ4n) is 3.84. The van der Waals surface area contributed by atoms with E-state index >= 15 is 0 Å². The second-order valence-electron chi connectivity index (χ2n) is 7.70. The summed E-state index contributed by atoms with van der Waals surface area (Å²) in [5.74, 6) is 0.323. The third-order valence-electron chi connectivity index (χ3n) is 5.64. The number of nitrogens with one attached hydrogen (secondary N) is 1. The van der Waals surface area contributed by atoms with Crippen LogP contribution >= 0.6 is 11.6 Å². The normalized spacial score (nSPS) is 13.3. The molecule has 0 aliphatic carbocycles. The predicted octanol–water partition coefficient (Wildman–Crippen LogP) is 4.09. The number of hydrogen-bond acceptors (Lipinski definition) is 7. The smallest absolute Gasteiger partial charge is 0.293 e. The molecule has 1 aromatic heterocycles. The van der Waals surface area contributed by atoms with Gasteiger partial charge in [0, 0.05) is 55.6 Å². The molecule has 0 spiro atoms. The highest BCUT2D eigenvalue weighted by Gasteiger charge is 2.26. The van der Waals surface area contributed by atoms with E-state index in [0.717, 1.165) is 5.56 Å². The van der Waals surface area contributed by atoms with Crippen molar-refractivity contribution < 1.29 is 9.72 Å². The molecule has 9 nitrogen and oxygen atoms in total. The number of halogens is 1. The summed E-state index contributed by atoms with van der Waals surface area (Å²) in [4.78, 5) is 32.2. The highest BCUT2D eigenvalue weighted by atomic mass is 35.5. The summed E-state index contributed by atoms with van der Waals surface area (Å²) in [5, 5.41) is 24.6. The number of carbonyl (C=O) groups is 1. The Balaban J connectivity index is 1.45. The van der Waals surface area contributed by atoms with E-state index in [-0.39, 0.29) is 17.2 Å². The van der Waals surface area contributed by atoms with Gasteiger partial charge in [0.25, 0.3) is 11.6 Å². The lowest BCUT2D eigenvalue weighted by atomic mass is 10.1. The largest absolute Gasteiger partial charge is 0.375 e. The van der Waals surface area contributed by atoms with Crippen molar-refractivity contribution >= 4 is 34.7 Å². The van der Waals surface area contributed by atoms with E-state index in [1.165, 1.54) is 6.07 Å². The lowest BCUT2D eigenvalue weighted by Crippen LogP contribution is -2.49. The number of nitro groups is 1. The number of benzene rings is 2. The molecule has 3 aromatic rings. The van der Waals surface area contributed by atoms with Gasteiger partial charge >= 0.3 is 0 Å². The minimum absolute atomic E-state index is 0.177. The van der Waals surface area contributed by atoms with Crippen LogP contribution in [0.5, 0.6) is 0 Å². The number of carbonyl (C=O) groups excluding carboxylic acids is 1. The Kier molecular flexibility index (Phi) is 6.90. The van der Waals surface area contributed by atoms with E-state index in [1.807, 2.05) is 23.1 Å². The monoisotopic (exact) mass is 476 g/mol. The fourth-order valence-corrected chi connectivity index (χ4v) is 4.04. The van der Waals surface area contributed by atoms with Crippen LogP contribution in [0.2, 0.25) is 5.02 Å². The van der Waals surface area contributed by atoms with Crippen LogP contribution in [0.25, 0.3) is 0 Å². The molecule has 10 heteroatoms. The van der Waals surface area contributed by atoms with E-state index in [9.17, 15) is 20.2 Å². The molecule has 0 unspecified atom stereocenters. The number of nitrogens with zero attached hydrogens (tertiary/aromatic N) is 5. The third-order valence-corrected chi connectivity index (χ3v) is 6.01. The van der Waals surface area contributed by atoms with Crippen LogP contribution in [0.3, 0.4) is 0 Å². The topological polar surface area (TPSA) is 115 Å². The molecule has 1 amide bonds. The Hall–Kier alpha value is -4.16. The first-order chi connectivity index (χ1) is 16.5. The highest BCUT2D eigenvalue weighted by molar-refractivity contribution is 6.31. The molecule has 0 radical (unpaired) electrons. The lowest BCUT2D eigenvalue weighted by molar-refractivity contribution is -0.384. The summed E-state index contributed by atoms with van der Waals surface area (Å²) < 4.78 is 0. The Labute approximate surface area is 201 Å². The molecular formula is C24H21ClN6O3. The van der Waals surface area contributed by atoms with Gasteiger partial charge in [-0.15, -0.1) is 0 Å². The minimum Gasteiger partial charge on any atom is -0.375 e. The standard InChI is InChI=1S/C24H21ClN6O3/c25-20-6-2-1-4-19(20)16-28-21-8-7-17(14-22(21)31(33)34)24(32)30-12-10-29(11-13-30)23-18(15-26)5-3-9-27-23/h1-9,14,28H,10-13,16H2. The van der Waals surface area contributed by atoms with Crippen molar-refractivity contribution in [3.63, 3.8) is 0 Å². The van der Waals surface area contributed by atoms with Gasteiger partial charge in [-0.3, -0.25) is 14.9 Å². The number of rotatable bonds is 6. The molecule has 2 aromatic carbocycles. The van der Waals surface area contributed by atoms with Crippen molar-refractivity contribution in [2.75, 3.05) is 36.4 Å². The number of hydrogen-bond donors (Lipinski definition) is 1. The van der Waals surface area contributed by atoms with Gasteiger partial charge in [0.2, 0.25) is 0 Å². The van der Waals surface area contributed by atoms with Gasteiger partial charge in [-0.2, -0.15) is 5.26 Å². The Morgan fingerprint density at radius 3 is 2.62 bits per heavy atom. The number of pyridine rings is 1. The molecule has 1 saturated heterocycles. The van der Waals surface area contributed by atoms with Crippen LogP contribution in [-0.4, -0.2) is 46.9 Å². The van der Waals surface area contributed by atoms with E-state index in [0.29, 0.717) is 54.8 Å². The molecular weight excluding hydrogens is 456 g/mol. The molecule has 1 N–H and O–H groups in total. The molecule has 0 bridgehead atoms. The van der Waals surface area contributed by atoms with Gasteiger partial charge in [0.1, 0.15) is 17.6 Å². The van der Waals surface area contributed by atoms with Crippen molar-refractivity contribution in [2.45, 2.75) is 6.54 Å². The van der Waals surface area contributed by atoms with E-state index in [1.54, 1.807) is 41.4 Å². The maximum atomic E-state index is 13.1. The van der Waals surface area contributed by atoms with Crippen molar-refractivity contribution in [2.24, 2.45) is 0 Å². The molecule has 0 saturated carbocycles. The van der Waals surface area contributed by atoms with Gasteiger partial charge in [-0.1, -0.05) is 29.8 Å². The third kappa shape index (κ3) is 4.92. The van der Waals surface area contributed by atoms with Crippen molar-refractivity contribution in [1.29, 1.82) is 5.26 Å². The van der Waals surface area contributed by atoms with Crippen molar-refractivity contribution in [1.82, 2.24) is 9.88 Å². The number of anilines is 2.